The summed E-state index contributed by atoms with van der Waals surface area (Å²) in [6, 6.07) is 0. The van der Waals surface area contributed by atoms with E-state index in [1.165, 1.54) is 11.6 Å². The highest BCUT2D eigenvalue weighted by Gasteiger charge is 2.32. The van der Waals surface area contributed by atoms with Gasteiger partial charge in [0, 0.05) is 25.0 Å². The second-order valence-electron chi connectivity index (χ2n) is 5.95. The van der Waals surface area contributed by atoms with Gasteiger partial charge >= 0.3 is 0 Å². The van der Waals surface area contributed by atoms with Crippen molar-refractivity contribution >= 4 is 16.5 Å². The van der Waals surface area contributed by atoms with Crippen LogP contribution in [-0.2, 0) is 6.54 Å². The molecule has 4 heteroatoms. The summed E-state index contributed by atoms with van der Waals surface area (Å²) in [5.74, 6) is 0.791. The van der Waals surface area contributed by atoms with E-state index in [4.69, 9.17) is 0 Å². The third-order valence-corrected chi connectivity index (χ3v) is 4.53. The van der Waals surface area contributed by atoms with Crippen LogP contribution in [-0.4, -0.2) is 25.1 Å². The summed E-state index contributed by atoms with van der Waals surface area (Å²) >= 11 is 1.77. The quantitative estimate of drug-likeness (QED) is 0.898. The van der Waals surface area contributed by atoms with E-state index in [0.29, 0.717) is 5.41 Å². The summed E-state index contributed by atoms with van der Waals surface area (Å²) in [6.07, 6.45) is 1.30. The molecular formula is C13H23N3S. The number of aromatic nitrogens is 1. The van der Waals surface area contributed by atoms with Crippen LogP contribution in [0.3, 0.4) is 0 Å². The minimum Gasteiger partial charge on any atom is -0.348 e. The Morgan fingerprint density at radius 3 is 2.88 bits per heavy atom. The van der Waals surface area contributed by atoms with Crippen molar-refractivity contribution in [1.29, 1.82) is 0 Å². The van der Waals surface area contributed by atoms with Gasteiger partial charge in [0.05, 0.1) is 5.69 Å². The van der Waals surface area contributed by atoms with Crippen LogP contribution in [0.2, 0.25) is 0 Å². The van der Waals surface area contributed by atoms with Crippen LogP contribution < -0.4 is 10.2 Å². The average molecular weight is 253 g/mol. The lowest BCUT2D eigenvalue weighted by molar-refractivity contribution is 0.263. The maximum absolute atomic E-state index is 4.68. The zero-order valence-corrected chi connectivity index (χ0v) is 12.1. The van der Waals surface area contributed by atoms with E-state index in [9.17, 15) is 0 Å². The Kier molecular flexibility index (Phi) is 3.73. The van der Waals surface area contributed by atoms with E-state index in [1.807, 2.05) is 7.05 Å². The van der Waals surface area contributed by atoms with Gasteiger partial charge in [-0.25, -0.2) is 4.98 Å². The lowest BCUT2D eigenvalue weighted by atomic mass is 9.80. The topological polar surface area (TPSA) is 28.2 Å². The molecule has 1 unspecified atom stereocenters. The summed E-state index contributed by atoms with van der Waals surface area (Å²) in [5, 5.41) is 6.51. The molecule has 1 atom stereocenters. The van der Waals surface area contributed by atoms with Crippen molar-refractivity contribution in [3.05, 3.63) is 11.1 Å². The van der Waals surface area contributed by atoms with Crippen LogP contribution in [0.5, 0.6) is 0 Å². The van der Waals surface area contributed by atoms with Gasteiger partial charge in [0.15, 0.2) is 5.13 Å². The van der Waals surface area contributed by atoms with E-state index in [1.54, 1.807) is 11.3 Å². The minimum absolute atomic E-state index is 0.416. The molecular weight excluding hydrogens is 230 g/mol. The van der Waals surface area contributed by atoms with E-state index in [2.05, 4.69) is 41.4 Å². The molecule has 1 aromatic rings. The van der Waals surface area contributed by atoms with Crippen LogP contribution in [0.4, 0.5) is 5.13 Å². The predicted octanol–water partition coefficient (Wildman–Crippen LogP) is 2.73. The monoisotopic (exact) mass is 253 g/mol. The Morgan fingerprint density at radius 1 is 1.53 bits per heavy atom. The van der Waals surface area contributed by atoms with Gasteiger partial charge in [0.25, 0.3) is 0 Å². The third kappa shape index (κ3) is 2.99. The van der Waals surface area contributed by atoms with Crippen molar-refractivity contribution < 1.29 is 0 Å². The number of anilines is 1. The molecule has 0 radical (unpaired) electrons. The molecule has 3 nitrogen and oxygen atoms in total. The van der Waals surface area contributed by atoms with Crippen molar-refractivity contribution in [2.24, 2.45) is 11.3 Å². The van der Waals surface area contributed by atoms with Gasteiger partial charge in [0.1, 0.15) is 0 Å². The third-order valence-electron chi connectivity index (χ3n) is 3.58. The zero-order valence-electron chi connectivity index (χ0n) is 11.3. The molecule has 1 N–H and O–H groups in total. The maximum Gasteiger partial charge on any atom is 0.185 e. The van der Waals surface area contributed by atoms with Crippen LogP contribution in [0.15, 0.2) is 5.38 Å². The minimum atomic E-state index is 0.416. The van der Waals surface area contributed by atoms with Crippen molar-refractivity contribution in [3.8, 4) is 0 Å². The second-order valence-corrected chi connectivity index (χ2v) is 6.79. The van der Waals surface area contributed by atoms with Gasteiger partial charge in [-0.1, -0.05) is 20.8 Å². The first-order chi connectivity index (χ1) is 8.00. The highest BCUT2D eigenvalue weighted by Crippen LogP contribution is 2.36. The van der Waals surface area contributed by atoms with Gasteiger partial charge in [-0.2, -0.15) is 0 Å². The van der Waals surface area contributed by atoms with Crippen molar-refractivity contribution in [2.75, 3.05) is 25.0 Å². The van der Waals surface area contributed by atoms with Gasteiger partial charge in [-0.05, 0) is 24.8 Å². The first-order valence-electron chi connectivity index (χ1n) is 6.34. The van der Waals surface area contributed by atoms with Crippen LogP contribution in [0.1, 0.15) is 32.9 Å². The molecule has 0 aromatic carbocycles. The molecule has 96 valence electrons. The van der Waals surface area contributed by atoms with E-state index in [-0.39, 0.29) is 0 Å². The Morgan fingerprint density at radius 2 is 2.29 bits per heavy atom. The molecule has 2 heterocycles. The average Bonchev–Trinajstić information content (AvgIpc) is 2.82. The molecule has 0 bridgehead atoms. The zero-order chi connectivity index (χ0) is 12.5. The van der Waals surface area contributed by atoms with E-state index in [0.717, 1.165) is 31.2 Å². The number of nitrogens with zero attached hydrogens (tertiary/aromatic N) is 2. The van der Waals surface area contributed by atoms with Gasteiger partial charge in [-0.15, -0.1) is 11.3 Å². The molecule has 0 aliphatic carbocycles. The lowest BCUT2D eigenvalue weighted by Gasteiger charge is -2.26. The summed E-state index contributed by atoms with van der Waals surface area (Å²) in [4.78, 5) is 7.12. The Labute approximate surface area is 108 Å². The van der Waals surface area contributed by atoms with Crippen molar-refractivity contribution in [2.45, 2.75) is 33.7 Å². The number of rotatable bonds is 3. The maximum atomic E-state index is 4.68. The van der Waals surface area contributed by atoms with Crippen molar-refractivity contribution in [3.63, 3.8) is 0 Å². The molecule has 1 saturated heterocycles. The summed E-state index contributed by atoms with van der Waals surface area (Å²) in [6.45, 7) is 10.2. The molecule has 0 saturated carbocycles. The molecule has 1 aliphatic rings. The second kappa shape index (κ2) is 4.94. The van der Waals surface area contributed by atoms with Crippen LogP contribution >= 0.6 is 11.3 Å². The molecule has 0 amide bonds. The largest absolute Gasteiger partial charge is 0.348 e. The summed E-state index contributed by atoms with van der Waals surface area (Å²) < 4.78 is 0. The molecule has 1 aromatic heterocycles. The number of thiazole rings is 1. The van der Waals surface area contributed by atoms with Crippen LogP contribution in [0, 0.1) is 11.3 Å². The van der Waals surface area contributed by atoms with Gasteiger partial charge in [0.2, 0.25) is 0 Å². The fourth-order valence-electron chi connectivity index (χ4n) is 2.34. The molecule has 1 aliphatic heterocycles. The fourth-order valence-corrected chi connectivity index (χ4v) is 3.21. The van der Waals surface area contributed by atoms with Crippen LogP contribution in [0.25, 0.3) is 0 Å². The Balaban J connectivity index is 2.00. The number of hydrogen-bond donors (Lipinski definition) is 1. The molecule has 2 rings (SSSR count). The van der Waals surface area contributed by atoms with E-state index >= 15 is 0 Å². The number of nitrogens with one attached hydrogen (secondary N) is 1. The number of hydrogen-bond acceptors (Lipinski definition) is 4. The molecule has 1 fully saturated rings. The molecule has 17 heavy (non-hydrogen) atoms. The standard InChI is InChI=1S/C13H23N3S/c1-13(2,3)10-5-6-16(8-10)12-15-11(7-14-4)9-17-12/h9-10,14H,5-8H2,1-4H3. The smallest absolute Gasteiger partial charge is 0.185 e. The Hall–Kier alpha value is -0.610. The fraction of sp³-hybridized carbons (Fsp3) is 0.769. The van der Waals surface area contributed by atoms with E-state index < -0.39 is 0 Å². The Bertz CT molecular complexity index is 367. The highest BCUT2D eigenvalue weighted by molar-refractivity contribution is 7.13. The highest BCUT2D eigenvalue weighted by atomic mass is 32.1. The van der Waals surface area contributed by atoms with Gasteiger partial charge in [-0.3, -0.25) is 0 Å². The first-order valence-corrected chi connectivity index (χ1v) is 7.22. The summed E-state index contributed by atoms with van der Waals surface area (Å²) in [5.41, 5.74) is 1.58. The van der Waals surface area contributed by atoms with Crippen molar-refractivity contribution in [1.82, 2.24) is 10.3 Å². The van der Waals surface area contributed by atoms with Gasteiger partial charge < -0.3 is 10.2 Å². The SMILES string of the molecule is CNCc1csc(N2CCC(C(C)(C)C)C2)n1. The predicted molar refractivity (Wildman–Crippen MR) is 74.7 cm³/mol. The summed E-state index contributed by atoms with van der Waals surface area (Å²) in [7, 11) is 1.96. The molecule has 0 spiro atoms. The normalized spacial score (nSPS) is 21.2. The first kappa shape index (κ1) is 12.8. The lowest BCUT2D eigenvalue weighted by Crippen LogP contribution is -2.25.